The van der Waals surface area contributed by atoms with Gasteiger partial charge in [-0.05, 0) is 72.5 Å². The second kappa shape index (κ2) is 13.9. The van der Waals surface area contributed by atoms with Crippen molar-refractivity contribution < 1.29 is 46.6 Å². The normalized spacial score (nSPS) is 10.6. The molecule has 0 bridgehead atoms. The van der Waals surface area contributed by atoms with E-state index < -0.39 is 11.5 Å². The van der Waals surface area contributed by atoms with Crippen LogP contribution in [0, 0.1) is 0 Å². The molecule has 10 nitrogen and oxygen atoms in total. The highest BCUT2D eigenvalue weighted by Crippen LogP contribution is 2.44. The maximum atomic E-state index is 14.3. The molecule has 3 N–H and O–H groups in total. The molecule has 2 heterocycles. The van der Waals surface area contributed by atoms with Crippen LogP contribution in [0.25, 0.3) is 27.6 Å². The van der Waals surface area contributed by atoms with Gasteiger partial charge < -0.3 is 41.8 Å². The minimum atomic E-state index is -0.667. The zero-order valence-corrected chi connectivity index (χ0v) is 25.5. The lowest BCUT2D eigenvalue weighted by Gasteiger charge is -2.21. The predicted molar refractivity (Wildman–Crippen MR) is 162 cm³/mol. The van der Waals surface area contributed by atoms with Gasteiger partial charge in [-0.3, -0.25) is 14.3 Å². The number of nitrogens with zero attached hydrogens (tertiary/aromatic N) is 2. The summed E-state index contributed by atoms with van der Waals surface area (Å²) in [5.41, 5.74) is 6.54. The van der Waals surface area contributed by atoms with Crippen molar-refractivity contribution >= 4 is 22.4 Å². The van der Waals surface area contributed by atoms with E-state index in [4.69, 9.17) is 23.7 Å². The molecule has 0 saturated carbocycles. The summed E-state index contributed by atoms with van der Waals surface area (Å²) in [6, 6.07) is 21.2. The average Bonchev–Trinajstić information content (AvgIpc) is 3.04. The number of pyridine rings is 2. The number of hydrogen-bond donors (Lipinski definition) is 1. The Bertz CT molecular complexity index is 1820. The molecule has 0 fully saturated rings. The quantitative estimate of drug-likeness (QED) is 0.235. The number of hydrogen-bond acceptors (Lipinski definition) is 8. The smallest absolute Gasteiger partial charge is 0.356 e. The molecule has 0 radical (unpaired) electrons. The number of fused-ring (bicyclic) bond motifs is 1. The van der Waals surface area contributed by atoms with E-state index in [1.165, 1.54) is 25.9 Å². The van der Waals surface area contributed by atoms with Crippen LogP contribution in [0.2, 0.25) is 0 Å². The Morgan fingerprint density at radius 2 is 1.59 bits per heavy atom. The van der Waals surface area contributed by atoms with Crippen molar-refractivity contribution in [2.75, 3.05) is 27.9 Å². The molecule has 2 aromatic heterocycles. The number of benzene rings is 3. The standard InChI is InChI=1S/C33H31N3O7.ClH/c1-5-42-33(38)30-29(20-16-27(39-2)31(41-4)28(17-20)40-3)25-14-13-24(43-19-22-8-6-7-15-35-22)18-26(25)32(37)36(30)23-11-9-21(34)10-12-23;/h6-18H,5,19,34H2,1-4H3;1H. The monoisotopic (exact) mass is 617 g/mol. The Morgan fingerprint density at radius 1 is 0.886 bits per heavy atom. The number of carbonyl (C=O) groups is 1. The first-order valence-electron chi connectivity index (χ1n) is 13.6. The van der Waals surface area contributed by atoms with Gasteiger partial charge >= 0.3 is 5.97 Å². The number of ether oxygens (including phenoxy) is 5. The van der Waals surface area contributed by atoms with Crippen molar-refractivity contribution in [2.45, 2.75) is 13.5 Å². The molecule has 228 valence electrons. The van der Waals surface area contributed by atoms with Crippen molar-refractivity contribution in [2.24, 2.45) is 0 Å². The zero-order chi connectivity index (χ0) is 30.5. The number of quaternary nitrogens is 1. The largest absolute Gasteiger partial charge is 1.00 e. The van der Waals surface area contributed by atoms with Gasteiger partial charge in [0.15, 0.2) is 11.5 Å². The molecular weight excluding hydrogens is 586 g/mol. The zero-order valence-electron chi connectivity index (χ0n) is 24.8. The van der Waals surface area contributed by atoms with Crippen LogP contribution >= 0.6 is 0 Å². The molecule has 5 rings (SSSR count). The van der Waals surface area contributed by atoms with Crippen molar-refractivity contribution in [3.63, 3.8) is 0 Å². The van der Waals surface area contributed by atoms with E-state index in [9.17, 15) is 9.59 Å². The van der Waals surface area contributed by atoms with Gasteiger partial charge in [0.05, 0.1) is 39.0 Å². The number of esters is 1. The molecule has 5 aromatic rings. The minimum absolute atomic E-state index is 0. The third-order valence-corrected chi connectivity index (χ3v) is 6.88. The van der Waals surface area contributed by atoms with Crippen LogP contribution in [-0.4, -0.2) is 43.5 Å². The Balaban J connectivity index is 0.00000442. The van der Waals surface area contributed by atoms with Gasteiger partial charge in [0.2, 0.25) is 5.75 Å². The molecule has 3 aromatic carbocycles. The van der Waals surface area contributed by atoms with E-state index in [-0.39, 0.29) is 31.3 Å². The lowest BCUT2D eigenvalue weighted by atomic mass is 9.95. The van der Waals surface area contributed by atoms with Gasteiger partial charge in [-0.15, -0.1) is 0 Å². The number of halogens is 1. The molecule has 11 heteroatoms. The Hall–Kier alpha value is -5.06. The van der Waals surface area contributed by atoms with E-state index in [2.05, 4.69) is 10.7 Å². The lowest BCUT2D eigenvalue weighted by Crippen LogP contribution is -3.00. The molecule has 44 heavy (non-hydrogen) atoms. The first kappa shape index (κ1) is 31.9. The van der Waals surface area contributed by atoms with Gasteiger partial charge in [-0.1, -0.05) is 6.07 Å². The van der Waals surface area contributed by atoms with E-state index in [1.54, 1.807) is 67.7 Å². The number of methoxy groups -OCH3 is 3. The summed E-state index contributed by atoms with van der Waals surface area (Å²) in [6.45, 7) is 2.03. The Morgan fingerprint density at radius 3 is 2.18 bits per heavy atom. The van der Waals surface area contributed by atoms with Crippen LogP contribution in [0.15, 0.2) is 83.8 Å². The lowest BCUT2D eigenvalue weighted by molar-refractivity contribution is -0.254. The summed E-state index contributed by atoms with van der Waals surface area (Å²) >= 11 is 0. The number of aromatic nitrogens is 2. The van der Waals surface area contributed by atoms with Crippen molar-refractivity contribution in [3.05, 3.63) is 101 Å². The molecule has 0 aliphatic carbocycles. The highest BCUT2D eigenvalue weighted by atomic mass is 35.5. The number of carbonyl (C=O) groups excluding carboxylic acids is 1. The Kier molecular flexibility index (Phi) is 10.1. The third kappa shape index (κ3) is 6.17. The van der Waals surface area contributed by atoms with Crippen LogP contribution in [0.3, 0.4) is 0 Å². The predicted octanol–water partition coefficient (Wildman–Crippen LogP) is 1.71. The summed E-state index contributed by atoms with van der Waals surface area (Å²) in [5, 5.41) is 0.839. The van der Waals surface area contributed by atoms with Gasteiger partial charge in [0.1, 0.15) is 23.7 Å². The summed E-state index contributed by atoms with van der Waals surface area (Å²) < 4.78 is 29.7. The summed E-state index contributed by atoms with van der Waals surface area (Å²) in [4.78, 5) is 32.3. The maximum Gasteiger partial charge on any atom is 0.356 e. The fourth-order valence-electron chi connectivity index (χ4n) is 4.91. The Labute approximate surface area is 260 Å². The topological polar surface area (TPSA) is 126 Å². The second-order valence-corrected chi connectivity index (χ2v) is 9.48. The summed E-state index contributed by atoms with van der Waals surface area (Å²) in [7, 11) is 4.54. The molecule has 0 saturated heterocycles. The fourth-order valence-corrected chi connectivity index (χ4v) is 4.91. The van der Waals surface area contributed by atoms with Crippen LogP contribution in [0.1, 0.15) is 23.1 Å². The van der Waals surface area contributed by atoms with Gasteiger partial charge in [-0.25, -0.2) is 4.79 Å². The highest BCUT2D eigenvalue weighted by Gasteiger charge is 2.27. The van der Waals surface area contributed by atoms with Crippen LogP contribution in [0.4, 0.5) is 5.69 Å². The first-order chi connectivity index (χ1) is 20.9. The molecule has 0 aliphatic rings. The van der Waals surface area contributed by atoms with Gasteiger partial charge in [0.25, 0.3) is 5.56 Å². The van der Waals surface area contributed by atoms with Crippen LogP contribution in [-0.2, 0) is 11.3 Å². The van der Waals surface area contributed by atoms with E-state index >= 15 is 0 Å². The van der Waals surface area contributed by atoms with E-state index in [0.29, 0.717) is 50.6 Å². The van der Waals surface area contributed by atoms with Crippen molar-refractivity contribution in [3.8, 4) is 39.8 Å². The van der Waals surface area contributed by atoms with E-state index in [1.807, 2.05) is 18.2 Å². The third-order valence-electron chi connectivity index (χ3n) is 6.88. The molecule has 0 aliphatic heterocycles. The van der Waals surface area contributed by atoms with Crippen LogP contribution in [0.5, 0.6) is 23.0 Å². The minimum Gasteiger partial charge on any atom is -1.00 e. The van der Waals surface area contributed by atoms with Crippen molar-refractivity contribution in [1.29, 1.82) is 0 Å². The molecule has 0 atom stereocenters. The van der Waals surface area contributed by atoms with Crippen molar-refractivity contribution in [1.82, 2.24) is 9.55 Å². The van der Waals surface area contributed by atoms with Crippen LogP contribution < -0.4 is 42.6 Å². The first-order valence-corrected chi connectivity index (χ1v) is 13.6. The molecule has 0 amide bonds. The summed E-state index contributed by atoms with van der Waals surface area (Å²) in [6.07, 6.45) is 1.69. The average molecular weight is 618 g/mol. The number of rotatable bonds is 10. The SMILES string of the molecule is CCOC(=O)c1c(-c2cc(OC)c(OC)c(OC)c2)c2ccc(OCc3ccccn3)cc2c(=O)n1-c1ccc([NH3+])cc1.[Cl-]. The van der Waals surface area contributed by atoms with Gasteiger partial charge in [0, 0.05) is 29.6 Å². The maximum absolute atomic E-state index is 14.3. The second-order valence-electron chi connectivity index (χ2n) is 9.48. The fraction of sp³-hybridized carbons (Fsp3) is 0.182. The summed E-state index contributed by atoms with van der Waals surface area (Å²) in [5.74, 6) is 0.956. The molecule has 0 spiro atoms. The molecule has 0 unspecified atom stereocenters. The van der Waals surface area contributed by atoms with Gasteiger partial charge in [-0.2, -0.15) is 0 Å². The van der Waals surface area contributed by atoms with E-state index in [0.717, 1.165) is 11.4 Å². The molecular formula is C33H32ClN3O7. The highest BCUT2D eigenvalue weighted by molar-refractivity contribution is 6.08.